The Hall–Kier alpha value is -3.13. The Kier molecular flexibility index (Phi) is 8.05. The van der Waals surface area contributed by atoms with Crippen LogP contribution in [0.25, 0.3) is 0 Å². The summed E-state index contributed by atoms with van der Waals surface area (Å²) in [6.45, 7) is 10.1. The fourth-order valence-corrected chi connectivity index (χ4v) is 3.65. The van der Waals surface area contributed by atoms with Gasteiger partial charge >= 0.3 is 6.03 Å². The van der Waals surface area contributed by atoms with Gasteiger partial charge in [-0.25, -0.2) is 9.78 Å². The quantitative estimate of drug-likeness (QED) is 0.606. The number of hydrogen-bond donors (Lipinski definition) is 3. The maximum Gasteiger partial charge on any atom is 0.319 e. The van der Waals surface area contributed by atoms with Crippen LogP contribution in [0.2, 0.25) is 0 Å². The summed E-state index contributed by atoms with van der Waals surface area (Å²) in [6, 6.07) is 10.7. The number of rotatable bonds is 7. The number of hydrogen-bond acceptors (Lipinski definition) is 5. The minimum absolute atomic E-state index is 0.0178. The normalized spacial score (nSPS) is 18.3. The van der Waals surface area contributed by atoms with E-state index in [1.807, 2.05) is 26.0 Å². The van der Waals surface area contributed by atoms with Gasteiger partial charge in [-0.05, 0) is 55.7 Å². The topological polar surface area (TPSA) is 95.6 Å². The van der Waals surface area contributed by atoms with Gasteiger partial charge in [-0.15, -0.1) is 0 Å². The lowest BCUT2D eigenvalue weighted by Crippen LogP contribution is -2.45. The number of morpholine rings is 1. The van der Waals surface area contributed by atoms with Crippen molar-refractivity contribution in [2.45, 2.75) is 52.9 Å². The molecule has 3 N–H and O–H groups in total. The van der Waals surface area contributed by atoms with Crippen molar-refractivity contribution >= 4 is 29.1 Å². The molecule has 1 aromatic carbocycles. The molecule has 2 heterocycles. The maximum absolute atomic E-state index is 12.2. The standard InChI is InChI=1S/C24H33N5O3/c1-16(2)11-23(30)27-20-6-8-21(9-7-20)28-24(31)26-13-19-5-10-22(25-12-19)29-14-17(3)32-18(4)15-29/h5-10,12,16-18H,11,13-15H2,1-4H3,(H,27,30)(H2,26,28,31). The molecule has 1 fully saturated rings. The third-order valence-electron chi connectivity index (χ3n) is 5.03. The Morgan fingerprint density at radius 1 is 1.03 bits per heavy atom. The number of ether oxygens (including phenoxy) is 1. The van der Waals surface area contributed by atoms with Gasteiger partial charge in [-0.3, -0.25) is 4.79 Å². The summed E-state index contributed by atoms with van der Waals surface area (Å²) in [7, 11) is 0. The van der Waals surface area contributed by atoms with Crippen LogP contribution in [0, 0.1) is 5.92 Å². The average molecular weight is 440 g/mol. The van der Waals surface area contributed by atoms with Crippen LogP contribution in [0.1, 0.15) is 39.7 Å². The second-order valence-electron chi connectivity index (χ2n) is 8.72. The Bertz CT molecular complexity index is 889. The number of carbonyl (C=O) groups is 2. The zero-order valence-corrected chi connectivity index (χ0v) is 19.2. The molecule has 2 unspecified atom stereocenters. The van der Waals surface area contributed by atoms with E-state index in [4.69, 9.17) is 4.74 Å². The van der Waals surface area contributed by atoms with E-state index in [-0.39, 0.29) is 24.1 Å². The summed E-state index contributed by atoms with van der Waals surface area (Å²) < 4.78 is 5.77. The Balaban J connectivity index is 1.45. The molecule has 0 saturated carbocycles. The Morgan fingerprint density at radius 3 is 2.22 bits per heavy atom. The largest absolute Gasteiger partial charge is 0.372 e. The van der Waals surface area contributed by atoms with Crippen LogP contribution in [0.15, 0.2) is 42.6 Å². The zero-order valence-electron chi connectivity index (χ0n) is 19.2. The number of carbonyl (C=O) groups excluding carboxylic acids is 2. The summed E-state index contributed by atoms with van der Waals surface area (Å²) >= 11 is 0. The Morgan fingerprint density at radius 2 is 1.66 bits per heavy atom. The molecule has 2 aromatic rings. The molecule has 1 aliphatic rings. The first-order valence-corrected chi connectivity index (χ1v) is 11.1. The molecule has 32 heavy (non-hydrogen) atoms. The summed E-state index contributed by atoms with van der Waals surface area (Å²) in [5.41, 5.74) is 2.27. The lowest BCUT2D eigenvalue weighted by Gasteiger charge is -2.36. The molecule has 2 atom stereocenters. The van der Waals surface area contributed by atoms with Crippen LogP contribution < -0.4 is 20.9 Å². The number of amides is 3. The van der Waals surface area contributed by atoms with E-state index < -0.39 is 0 Å². The molecule has 1 saturated heterocycles. The molecule has 0 spiro atoms. The highest BCUT2D eigenvalue weighted by molar-refractivity contribution is 5.92. The van der Waals surface area contributed by atoms with Crippen LogP contribution in [-0.2, 0) is 16.1 Å². The SMILES string of the molecule is CC(C)CC(=O)Nc1ccc(NC(=O)NCc2ccc(N3CC(C)OC(C)C3)nc2)cc1. The van der Waals surface area contributed by atoms with Gasteiger partial charge in [-0.2, -0.15) is 0 Å². The predicted molar refractivity (Wildman–Crippen MR) is 127 cm³/mol. The third kappa shape index (κ3) is 7.23. The first-order valence-electron chi connectivity index (χ1n) is 11.1. The van der Waals surface area contributed by atoms with E-state index in [2.05, 4.69) is 39.7 Å². The van der Waals surface area contributed by atoms with Crippen LogP contribution >= 0.6 is 0 Å². The molecule has 172 valence electrons. The van der Waals surface area contributed by atoms with E-state index in [0.717, 1.165) is 24.5 Å². The number of anilines is 3. The first-order chi connectivity index (χ1) is 15.3. The minimum atomic E-state index is -0.304. The molecular formula is C24H33N5O3. The smallest absolute Gasteiger partial charge is 0.319 e. The lowest BCUT2D eigenvalue weighted by atomic mass is 10.1. The van der Waals surface area contributed by atoms with Gasteiger partial charge < -0.3 is 25.6 Å². The number of benzene rings is 1. The third-order valence-corrected chi connectivity index (χ3v) is 5.03. The second-order valence-corrected chi connectivity index (χ2v) is 8.72. The molecule has 3 rings (SSSR count). The minimum Gasteiger partial charge on any atom is -0.372 e. The van der Waals surface area contributed by atoms with Crippen LogP contribution in [0.4, 0.5) is 22.0 Å². The van der Waals surface area contributed by atoms with Crippen molar-refractivity contribution in [1.29, 1.82) is 0 Å². The Labute approximate surface area is 189 Å². The van der Waals surface area contributed by atoms with Gasteiger partial charge in [0.15, 0.2) is 0 Å². The maximum atomic E-state index is 12.2. The molecule has 8 heteroatoms. The van der Waals surface area contributed by atoms with Crippen LogP contribution in [0.3, 0.4) is 0 Å². The van der Waals surface area contributed by atoms with E-state index in [1.54, 1.807) is 30.5 Å². The monoisotopic (exact) mass is 439 g/mol. The number of pyridine rings is 1. The van der Waals surface area contributed by atoms with Gasteiger partial charge in [0.05, 0.1) is 12.2 Å². The molecule has 3 amide bonds. The van der Waals surface area contributed by atoms with Gasteiger partial charge in [0.25, 0.3) is 0 Å². The highest BCUT2D eigenvalue weighted by Crippen LogP contribution is 2.18. The number of nitrogens with zero attached hydrogens (tertiary/aromatic N) is 2. The van der Waals surface area contributed by atoms with Crippen molar-refractivity contribution in [1.82, 2.24) is 10.3 Å². The number of nitrogens with one attached hydrogen (secondary N) is 3. The van der Waals surface area contributed by atoms with E-state index in [1.165, 1.54) is 0 Å². The molecular weight excluding hydrogens is 406 g/mol. The summed E-state index contributed by atoms with van der Waals surface area (Å²) in [6.07, 6.45) is 2.62. The van der Waals surface area contributed by atoms with Crippen molar-refractivity contribution in [3.8, 4) is 0 Å². The van der Waals surface area contributed by atoms with Crippen LogP contribution in [0.5, 0.6) is 0 Å². The van der Waals surface area contributed by atoms with Crippen molar-refractivity contribution in [3.05, 3.63) is 48.2 Å². The molecule has 1 aliphatic heterocycles. The zero-order chi connectivity index (χ0) is 23.1. The van der Waals surface area contributed by atoms with Gasteiger partial charge in [0.1, 0.15) is 5.82 Å². The van der Waals surface area contributed by atoms with Crippen molar-refractivity contribution in [2.24, 2.45) is 5.92 Å². The second kappa shape index (κ2) is 10.9. The predicted octanol–water partition coefficient (Wildman–Crippen LogP) is 4.00. The molecule has 0 radical (unpaired) electrons. The molecule has 1 aromatic heterocycles. The first kappa shape index (κ1) is 23.5. The molecule has 0 bridgehead atoms. The molecule has 0 aliphatic carbocycles. The number of aromatic nitrogens is 1. The van der Waals surface area contributed by atoms with Crippen LogP contribution in [-0.4, -0.2) is 42.2 Å². The summed E-state index contributed by atoms with van der Waals surface area (Å²) in [5.74, 6) is 1.20. The van der Waals surface area contributed by atoms with Gasteiger partial charge in [0.2, 0.25) is 5.91 Å². The highest BCUT2D eigenvalue weighted by atomic mass is 16.5. The molecule has 8 nitrogen and oxygen atoms in total. The van der Waals surface area contributed by atoms with Crippen molar-refractivity contribution in [2.75, 3.05) is 28.6 Å². The summed E-state index contributed by atoms with van der Waals surface area (Å²) in [5, 5.41) is 8.48. The number of urea groups is 1. The van der Waals surface area contributed by atoms with Gasteiger partial charge in [-0.1, -0.05) is 19.9 Å². The van der Waals surface area contributed by atoms with Crippen molar-refractivity contribution < 1.29 is 14.3 Å². The van der Waals surface area contributed by atoms with Gasteiger partial charge in [0, 0.05) is 43.6 Å². The van der Waals surface area contributed by atoms with Crippen molar-refractivity contribution in [3.63, 3.8) is 0 Å². The van der Waals surface area contributed by atoms with E-state index >= 15 is 0 Å². The van der Waals surface area contributed by atoms with E-state index in [0.29, 0.717) is 30.3 Å². The lowest BCUT2D eigenvalue weighted by molar-refractivity contribution is -0.116. The fourth-order valence-electron chi connectivity index (χ4n) is 3.65. The van der Waals surface area contributed by atoms with E-state index in [9.17, 15) is 9.59 Å². The highest BCUT2D eigenvalue weighted by Gasteiger charge is 2.22. The summed E-state index contributed by atoms with van der Waals surface area (Å²) in [4.78, 5) is 30.8. The average Bonchev–Trinajstić information content (AvgIpc) is 2.73. The fraction of sp³-hybridized carbons (Fsp3) is 0.458.